The predicted molar refractivity (Wildman–Crippen MR) is 44.7 cm³/mol. The highest BCUT2D eigenvalue weighted by molar-refractivity contribution is 4.62. The van der Waals surface area contributed by atoms with Gasteiger partial charge in [0.1, 0.15) is 0 Å². The summed E-state index contributed by atoms with van der Waals surface area (Å²) in [6.45, 7) is 4.79. The molecule has 1 saturated heterocycles. The van der Waals surface area contributed by atoms with Gasteiger partial charge in [-0.1, -0.05) is 21.8 Å². The highest BCUT2D eigenvalue weighted by Gasteiger charge is 2.04. The molecule has 1 heterocycles. The van der Waals surface area contributed by atoms with Crippen LogP contribution in [0.25, 0.3) is 0 Å². The van der Waals surface area contributed by atoms with Crippen LogP contribution >= 0.6 is 0 Å². The van der Waals surface area contributed by atoms with Crippen molar-refractivity contribution in [3.63, 3.8) is 0 Å². The summed E-state index contributed by atoms with van der Waals surface area (Å²) in [6, 6.07) is 0. The third kappa shape index (κ3) is 4.46. The molecule has 0 aliphatic carbocycles. The van der Waals surface area contributed by atoms with Crippen LogP contribution in [0, 0.1) is 5.92 Å². The first kappa shape index (κ1) is 11.7. The molecular weight excluding hydrogens is 110 g/mol. The topological polar surface area (TPSA) is 12.0 Å². The molecule has 1 aliphatic rings. The predicted octanol–water partition coefficient (Wildman–Crippen LogP) is 2.28. The molecule has 1 fully saturated rings. The second-order valence-electron chi connectivity index (χ2n) is 2.43. The molecule has 1 heteroatoms. The third-order valence-electron chi connectivity index (χ3n) is 1.63. The Morgan fingerprint density at radius 2 is 1.56 bits per heavy atom. The van der Waals surface area contributed by atoms with Crippen LogP contribution in [0.1, 0.15) is 34.6 Å². The number of nitrogens with one attached hydrogen (secondary N) is 1. The SMILES string of the molecule is C.C.CC1CCNCC1. The van der Waals surface area contributed by atoms with Crippen molar-refractivity contribution in [3.05, 3.63) is 0 Å². The number of hydrogen-bond donors (Lipinski definition) is 1. The number of piperidine rings is 1. The molecule has 0 radical (unpaired) electrons. The van der Waals surface area contributed by atoms with Gasteiger partial charge in [0.15, 0.2) is 0 Å². The molecule has 0 amide bonds. The molecule has 1 rings (SSSR count). The molecule has 1 N–H and O–H groups in total. The van der Waals surface area contributed by atoms with E-state index in [0.29, 0.717) is 0 Å². The zero-order valence-corrected chi connectivity index (χ0v) is 4.91. The maximum Gasteiger partial charge on any atom is -0.00464 e. The molecule has 0 bridgehead atoms. The molecule has 0 aromatic carbocycles. The Labute approximate surface area is 59.8 Å². The molecule has 0 aromatic heterocycles. The molecular formula is C8H21N. The van der Waals surface area contributed by atoms with Crippen LogP contribution in [-0.2, 0) is 0 Å². The van der Waals surface area contributed by atoms with Crippen molar-refractivity contribution < 1.29 is 0 Å². The Balaban J connectivity index is 0. The van der Waals surface area contributed by atoms with Gasteiger partial charge in [0.25, 0.3) is 0 Å². The molecule has 1 nitrogen and oxygen atoms in total. The lowest BCUT2D eigenvalue weighted by Gasteiger charge is -2.17. The fourth-order valence-corrected chi connectivity index (χ4v) is 0.966. The van der Waals surface area contributed by atoms with Crippen molar-refractivity contribution in [2.75, 3.05) is 13.1 Å². The zero-order chi connectivity index (χ0) is 5.11. The lowest BCUT2D eigenvalue weighted by atomic mass is 10.0. The Bertz CT molecular complexity index is 46.5. The third-order valence-corrected chi connectivity index (χ3v) is 1.63. The van der Waals surface area contributed by atoms with E-state index >= 15 is 0 Å². The summed E-state index contributed by atoms with van der Waals surface area (Å²) in [5.74, 6) is 0.973. The van der Waals surface area contributed by atoms with Crippen molar-refractivity contribution in [1.29, 1.82) is 0 Å². The summed E-state index contributed by atoms with van der Waals surface area (Å²) in [5.41, 5.74) is 0. The van der Waals surface area contributed by atoms with Crippen LogP contribution in [0.4, 0.5) is 0 Å². The molecule has 0 saturated carbocycles. The quantitative estimate of drug-likeness (QED) is 0.532. The molecule has 0 spiro atoms. The Morgan fingerprint density at radius 3 is 1.78 bits per heavy atom. The summed E-state index contributed by atoms with van der Waals surface area (Å²) in [4.78, 5) is 0. The van der Waals surface area contributed by atoms with Crippen molar-refractivity contribution in [2.45, 2.75) is 34.6 Å². The normalized spacial score (nSPS) is 19.7. The molecule has 1 aliphatic heterocycles. The van der Waals surface area contributed by atoms with Gasteiger partial charge in [-0.2, -0.15) is 0 Å². The smallest absolute Gasteiger partial charge is 0.00464 e. The van der Waals surface area contributed by atoms with Crippen LogP contribution in [0.15, 0.2) is 0 Å². The van der Waals surface area contributed by atoms with E-state index in [1.807, 2.05) is 0 Å². The van der Waals surface area contributed by atoms with Gasteiger partial charge < -0.3 is 5.32 Å². The van der Waals surface area contributed by atoms with Gasteiger partial charge in [0, 0.05) is 0 Å². The lowest BCUT2D eigenvalue weighted by Crippen LogP contribution is -2.26. The first-order valence-corrected chi connectivity index (χ1v) is 3.10. The minimum Gasteiger partial charge on any atom is -0.317 e. The second-order valence-corrected chi connectivity index (χ2v) is 2.43. The van der Waals surface area contributed by atoms with Gasteiger partial charge in [-0.25, -0.2) is 0 Å². The second kappa shape index (κ2) is 6.09. The summed E-state index contributed by atoms with van der Waals surface area (Å²) >= 11 is 0. The van der Waals surface area contributed by atoms with Crippen molar-refractivity contribution >= 4 is 0 Å². The van der Waals surface area contributed by atoms with Gasteiger partial charge in [-0.05, 0) is 31.8 Å². The zero-order valence-electron chi connectivity index (χ0n) is 4.91. The van der Waals surface area contributed by atoms with Crippen molar-refractivity contribution in [1.82, 2.24) is 5.32 Å². The first-order valence-electron chi connectivity index (χ1n) is 3.10. The van der Waals surface area contributed by atoms with Crippen LogP contribution in [0.3, 0.4) is 0 Å². The van der Waals surface area contributed by atoms with E-state index in [-0.39, 0.29) is 14.9 Å². The van der Waals surface area contributed by atoms with Gasteiger partial charge in [0.05, 0.1) is 0 Å². The Hall–Kier alpha value is -0.0400. The lowest BCUT2D eigenvalue weighted by molar-refractivity contribution is 0.402. The van der Waals surface area contributed by atoms with E-state index in [1.165, 1.54) is 25.9 Å². The molecule has 0 atom stereocenters. The molecule has 9 heavy (non-hydrogen) atoms. The summed E-state index contributed by atoms with van der Waals surface area (Å²) in [7, 11) is 0. The fraction of sp³-hybridized carbons (Fsp3) is 1.00. The van der Waals surface area contributed by atoms with E-state index in [2.05, 4.69) is 12.2 Å². The number of rotatable bonds is 0. The maximum atomic E-state index is 3.32. The largest absolute Gasteiger partial charge is 0.317 e. The van der Waals surface area contributed by atoms with E-state index in [1.54, 1.807) is 0 Å². The van der Waals surface area contributed by atoms with E-state index in [0.717, 1.165) is 5.92 Å². The average molecular weight is 131 g/mol. The number of hydrogen-bond acceptors (Lipinski definition) is 1. The summed E-state index contributed by atoms with van der Waals surface area (Å²) in [6.07, 6.45) is 2.75. The van der Waals surface area contributed by atoms with Crippen LogP contribution in [0.5, 0.6) is 0 Å². The van der Waals surface area contributed by atoms with Crippen molar-refractivity contribution in [3.8, 4) is 0 Å². The van der Waals surface area contributed by atoms with E-state index in [9.17, 15) is 0 Å². The van der Waals surface area contributed by atoms with Crippen molar-refractivity contribution in [2.24, 2.45) is 5.92 Å². The highest BCUT2D eigenvalue weighted by atomic mass is 14.9. The van der Waals surface area contributed by atoms with Gasteiger partial charge >= 0.3 is 0 Å². The minimum absolute atomic E-state index is 0. The van der Waals surface area contributed by atoms with Gasteiger partial charge in [-0.15, -0.1) is 0 Å². The minimum atomic E-state index is 0. The monoisotopic (exact) mass is 131 g/mol. The Kier molecular flexibility index (Phi) is 7.92. The molecule has 58 valence electrons. The standard InChI is InChI=1S/C6H13N.2CH4/c1-6-2-4-7-5-3-6;;/h6-7H,2-5H2,1H3;2*1H4. The van der Waals surface area contributed by atoms with Gasteiger partial charge in [0.2, 0.25) is 0 Å². The Morgan fingerprint density at radius 1 is 1.11 bits per heavy atom. The summed E-state index contributed by atoms with van der Waals surface area (Å²) in [5, 5.41) is 3.32. The first-order chi connectivity index (χ1) is 3.39. The van der Waals surface area contributed by atoms with E-state index < -0.39 is 0 Å². The van der Waals surface area contributed by atoms with Gasteiger partial charge in [-0.3, -0.25) is 0 Å². The molecule has 0 aromatic rings. The van der Waals surface area contributed by atoms with E-state index in [4.69, 9.17) is 0 Å². The molecule has 0 unspecified atom stereocenters. The van der Waals surface area contributed by atoms with Crippen LogP contribution in [0.2, 0.25) is 0 Å². The highest BCUT2D eigenvalue weighted by Crippen LogP contribution is 2.08. The average Bonchev–Trinajstić information content (AvgIpc) is 1.69. The maximum absolute atomic E-state index is 3.32. The van der Waals surface area contributed by atoms with Crippen LogP contribution < -0.4 is 5.32 Å². The van der Waals surface area contributed by atoms with Crippen LogP contribution in [-0.4, -0.2) is 13.1 Å². The fourth-order valence-electron chi connectivity index (χ4n) is 0.966. The summed E-state index contributed by atoms with van der Waals surface area (Å²) < 4.78 is 0.